The van der Waals surface area contributed by atoms with Crippen molar-refractivity contribution in [2.75, 3.05) is 0 Å². The highest BCUT2D eigenvalue weighted by atomic mass is 16.5. The van der Waals surface area contributed by atoms with Crippen LogP contribution in [0.25, 0.3) is 11.6 Å². The van der Waals surface area contributed by atoms with Crippen LogP contribution in [0.15, 0.2) is 47.2 Å². The van der Waals surface area contributed by atoms with Gasteiger partial charge in [0.2, 0.25) is 17.5 Å². The maximum Gasteiger partial charge on any atom is 0.240 e. The normalized spacial score (nSPS) is 10.7. The number of hydrogen-bond acceptors (Lipinski definition) is 6. The standard InChI is InChI=1S/C14H13N5O/c15-9-11-5-2-1-4-10(11)8-12-18-14(19-20-12)13-16-6-3-7-17-13/h1-7H,8-9,15H2. The second-order valence-electron chi connectivity index (χ2n) is 4.23. The van der Waals surface area contributed by atoms with E-state index >= 15 is 0 Å². The summed E-state index contributed by atoms with van der Waals surface area (Å²) < 4.78 is 5.24. The molecule has 100 valence electrons. The van der Waals surface area contributed by atoms with Gasteiger partial charge in [-0.3, -0.25) is 0 Å². The molecule has 0 amide bonds. The second-order valence-corrected chi connectivity index (χ2v) is 4.23. The van der Waals surface area contributed by atoms with Crippen LogP contribution in [0.5, 0.6) is 0 Å². The Labute approximate surface area is 115 Å². The molecule has 0 unspecified atom stereocenters. The first kappa shape index (κ1) is 12.4. The van der Waals surface area contributed by atoms with Crippen LogP contribution in [0.2, 0.25) is 0 Å². The van der Waals surface area contributed by atoms with Gasteiger partial charge in [0.1, 0.15) is 0 Å². The molecule has 0 radical (unpaired) electrons. The molecule has 6 heteroatoms. The van der Waals surface area contributed by atoms with Gasteiger partial charge in [-0.05, 0) is 17.2 Å². The summed E-state index contributed by atoms with van der Waals surface area (Å²) in [5.74, 6) is 1.37. The van der Waals surface area contributed by atoms with Crippen LogP contribution < -0.4 is 5.73 Å². The number of aromatic nitrogens is 4. The predicted octanol–water partition coefficient (Wildman–Crippen LogP) is 1.58. The van der Waals surface area contributed by atoms with Gasteiger partial charge < -0.3 is 10.3 Å². The van der Waals surface area contributed by atoms with Crippen molar-refractivity contribution in [1.29, 1.82) is 0 Å². The van der Waals surface area contributed by atoms with Crippen molar-refractivity contribution in [1.82, 2.24) is 20.1 Å². The highest BCUT2D eigenvalue weighted by Crippen LogP contribution is 2.15. The number of hydrogen-bond donors (Lipinski definition) is 1. The Morgan fingerprint density at radius 3 is 2.45 bits per heavy atom. The summed E-state index contributed by atoms with van der Waals surface area (Å²) in [5.41, 5.74) is 7.87. The van der Waals surface area contributed by atoms with Gasteiger partial charge in [0.05, 0.1) is 6.42 Å². The van der Waals surface area contributed by atoms with Gasteiger partial charge in [0.25, 0.3) is 0 Å². The van der Waals surface area contributed by atoms with E-state index in [4.69, 9.17) is 10.3 Å². The van der Waals surface area contributed by atoms with Crippen molar-refractivity contribution in [3.8, 4) is 11.6 Å². The van der Waals surface area contributed by atoms with Crippen LogP contribution in [0.1, 0.15) is 17.0 Å². The van der Waals surface area contributed by atoms with E-state index in [2.05, 4.69) is 20.1 Å². The highest BCUT2D eigenvalue weighted by Gasteiger charge is 2.12. The number of rotatable bonds is 4. The van der Waals surface area contributed by atoms with Gasteiger partial charge in [0.15, 0.2) is 0 Å². The molecular weight excluding hydrogens is 254 g/mol. The lowest BCUT2D eigenvalue weighted by atomic mass is 10.0. The Bertz CT molecular complexity index is 696. The minimum atomic E-state index is 0.394. The number of benzene rings is 1. The number of nitrogens with two attached hydrogens (primary N) is 1. The van der Waals surface area contributed by atoms with E-state index in [1.807, 2.05) is 24.3 Å². The van der Waals surface area contributed by atoms with E-state index in [0.717, 1.165) is 11.1 Å². The van der Waals surface area contributed by atoms with Gasteiger partial charge in [-0.25, -0.2) is 9.97 Å². The summed E-state index contributed by atoms with van der Waals surface area (Å²) in [7, 11) is 0. The Kier molecular flexibility index (Phi) is 3.47. The van der Waals surface area contributed by atoms with Gasteiger partial charge in [-0.15, -0.1) is 0 Å². The molecule has 2 aromatic heterocycles. The summed E-state index contributed by atoms with van der Waals surface area (Å²) in [4.78, 5) is 12.5. The lowest BCUT2D eigenvalue weighted by Gasteiger charge is -2.03. The first-order chi connectivity index (χ1) is 9.86. The summed E-state index contributed by atoms with van der Waals surface area (Å²) in [6.45, 7) is 0.485. The van der Waals surface area contributed by atoms with E-state index in [9.17, 15) is 0 Å². The summed E-state index contributed by atoms with van der Waals surface area (Å²) in [6, 6.07) is 9.66. The van der Waals surface area contributed by atoms with Crippen molar-refractivity contribution in [2.45, 2.75) is 13.0 Å². The molecule has 0 fully saturated rings. The van der Waals surface area contributed by atoms with Crippen LogP contribution in [0.3, 0.4) is 0 Å². The van der Waals surface area contributed by atoms with Gasteiger partial charge in [0, 0.05) is 18.9 Å². The minimum Gasteiger partial charge on any atom is -0.339 e. The van der Waals surface area contributed by atoms with E-state index in [-0.39, 0.29) is 0 Å². The minimum absolute atomic E-state index is 0.394. The SMILES string of the molecule is NCc1ccccc1Cc1nc(-c2ncccn2)no1. The first-order valence-electron chi connectivity index (χ1n) is 6.23. The molecule has 0 saturated heterocycles. The van der Waals surface area contributed by atoms with Crippen molar-refractivity contribution in [2.24, 2.45) is 5.73 Å². The van der Waals surface area contributed by atoms with Crippen molar-refractivity contribution in [3.05, 3.63) is 59.7 Å². The second kappa shape index (κ2) is 5.58. The molecule has 0 spiro atoms. The molecule has 0 aliphatic heterocycles. The molecule has 0 atom stereocenters. The molecule has 0 aliphatic carbocycles. The number of nitrogens with zero attached hydrogens (tertiary/aromatic N) is 4. The topological polar surface area (TPSA) is 90.7 Å². The molecule has 0 aliphatic rings. The zero-order chi connectivity index (χ0) is 13.8. The first-order valence-corrected chi connectivity index (χ1v) is 6.23. The third-order valence-electron chi connectivity index (χ3n) is 2.91. The van der Waals surface area contributed by atoms with Crippen LogP contribution in [0, 0.1) is 0 Å². The molecule has 3 rings (SSSR count). The van der Waals surface area contributed by atoms with Crippen LogP contribution in [0.4, 0.5) is 0 Å². The van der Waals surface area contributed by atoms with Crippen LogP contribution in [-0.4, -0.2) is 20.1 Å². The fraction of sp³-hybridized carbons (Fsp3) is 0.143. The van der Waals surface area contributed by atoms with E-state index < -0.39 is 0 Å². The highest BCUT2D eigenvalue weighted by molar-refractivity contribution is 5.40. The fourth-order valence-electron chi connectivity index (χ4n) is 1.92. The van der Waals surface area contributed by atoms with E-state index in [1.54, 1.807) is 18.5 Å². The average molecular weight is 267 g/mol. The van der Waals surface area contributed by atoms with Gasteiger partial charge in [-0.1, -0.05) is 29.4 Å². The van der Waals surface area contributed by atoms with Gasteiger partial charge in [-0.2, -0.15) is 4.98 Å². The predicted molar refractivity (Wildman–Crippen MR) is 72.5 cm³/mol. The largest absolute Gasteiger partial charge is 0.339 e. The fourth-order valence-corrected chi connectivity index (χ4v) is 1.92. The summed E-state index contributed by atoms with van der Waals surface area (Å²) in [5, 5.41) is 3.90. The summed E-state index contributed by atoms with van der Waals surface area (Å²) in [6.07, 6.45) is 3.83. The molecular formula is C14H13N5O. The maximum atomic E-state index is 5.71. The van der Waals surface area contributed by atoms with Crippen molar-refractivity contribution < 1.29 is 4.52 Å². The quantitative estimate of drug-likeness (QED) is 0.771. The van der Waals surface area contributed by atoms with Crippen molar-refractivity contribution >= 4 is 0 Å². The lowest BCUT2D eigenvalue weighted by molar-refractivity contribution is 0.385. The Morgan fingerprint density at radius 1 is 0.950 bits per heavy atom. The Morgan fingerprint density at radius 2 is 1.70 bits per heavy atom. The average Bonchev–Trinajstić information content (AvgIpc) is 2.97. The zero-order valence-corrected chi connectivity index (χ0v) is 10.7. The molecule has 0 bridgehead atoms. The van der Waals surface area contributed by atoms with Crippen molar-refractivity contribution in [3.63, 3.8) is 0 Å². The third kappa shape index (κ3) is 2.55. The molecule has 2 N–H and O–H groups in total. The monoisotopic (exact) mass is 267 g/mol. The van der Waals surface area contributed by atoms with Gasteiger partial charge >= 0.3 is 0 Å². The maximum absolute atomic E-state index is 5.71. The molecule has 1 aromatic carbocycles. The van der Waals surface area contributed by atoms with E-state index in [0.29, 0.717) is 30.5 Å². The Hall–Kier alpha value is -2.60. The molecule has 20 heavy (non-hydrogen) atoms. The third-order valence-corrected chi connectivity index (χ3v) is 2.91. The lowest BCUT2D eigenvalue weighted by Crippen LogP contribution is -2.02. The van der Waals surface area contributed by atoms with Crippen LogP contribution >= 0.6 is 0 Å². The molecule has 3 aromatic rings. The van der Waals surface area contributed by atoms with E-state index in [1.165, 1.54) is 0 Å². The summed E-state index contributed by atoms with van der Waals surface area (Å²) >= 11 is 0. The Balaban J connectivity index is 1.84. The molecule has 0 saturated carbocycles. The molecule has 2 heterocycles. The molecule has 6 nitrogen and oxygen atoms in total. The zero-order valence-electron chi connectivity index (χ0n) is 10.7. The van der Waals surface area contributed by atoms with Crippen LogP contribution in [-0.2, 0) is 13.0 Å². The smallest absolute Gasteiger partial charge is 0.240 e.